The van der Waals surface area contributed by atoms with E-state index in [1.54, 1.807) is 40.0 Å². The number of hydrogen-bond acceptors (Lipinski definition) is 6. The summed E-state index contributed by atoms with van der Waals surface area (Å²) in [6.45, 7) is 1.17. The maximum absolute atomic E-state index is 12.3. The highest BCUT2D eigenvalue weighted by atomic mass is 16.5. The fraction of sp³-hybridized carbons (Fsp3) is 0.312. The summed E-state index contributed by atoms with van der Waals surface area (Å²) in [4.78, 5) is 26.8. The number of aliphatic hydroxyl groups is 1. The summed E-state index contributed by atoms with van der Waals surface area (Å²) >= 11 is 0. The van der Waals surface area contributed by atoms with Crippen molar-refractivity contribution in [2.75, 3.05) is 44.0 Å². The number of aromatic nitrogens is 2. The van der Waals surface area contributed by atoms with Crippen LogP contribution in [0.2, 0.25) is 0 Å². The largest absolute Gasteiger partial charge is 0.465 e. The van der Waals surface area contributed by atoms with Crippen LogP contribution in [0.15, 0.2) is 30.5 Å². The Hall–Kier alpha value is -3.07. The number of anilines is 2. The second-order valence-electron chi connectivity index (χ2n) is 5.54. The number of esters is 1. The van der Waals surface area contributed by atoms with Crippen LogP contribution in [0.4, 0.5) is 16.3 Å². The molecule has 1 fully saturated rings. The average molecular weight is 345 g/mol. The molecule has 1 aliphatic heterocycles. The standard InChI is InChI=1S/C16H19N5O4/c1-25-15(23)11-2-4-12(5-3-11)21-10-13(17)14(18-21)20-7-6-19(8-9-22)16(20)24/h2-5,10,22H,6-9,17H2,1H3. The van der Waals surface area contributed by atoms with Crippen LogP contribution < -0.4 is 10.6 Å². The predicted octanol–water partition coefficient (Wildman–Crippen LogP) is 0.475. The molecule has 0 atom stereocenters. The van der Waals surface area contributed by atoms with E-state index in [1.807, 2.05) is 0 Å². The summed E-state index contributed by atoms with van der Waals surface area (Å²) in [5.41, 5.74) is 7.52. The SMILES string of the molecule is COC(=O)c1ccc(-n2cc(N)c(N3CCN(CCO)C3=O)n2)cc1. The number of urea groups is 1. The molecule has 1 aliphatic rings. The van der Waals surface area contributed by atoms with Gasteiger partial charge < -0.3 is 20.5 Å². The molecule has 132 valence electrons. The number of methoxy groups -OCH3 is 1. The van der Waals surface area contributed by atoms with E-state index in [2.05, 4.69) is 9.84 Å². The number of aliphatic hydroxyl groups excluding tert-OH is 1. The molecule has 2 heterocycles. The number of hydrogen-bond donors (Lipinski definition) is 2. The van der Waals surface area contributed by atoms with Crippen molar-refractivity contribution in [3.8, 4) is 5.69 Å². The van der Waals surface area contributed by atoms with Gasteiger partial charge in [0.2, 0.25) is 0 Å². The summed E-state index contributed by atoms with van der Waals surface area (Å²) in [5.74, 6) is -0.0404. The number of amides is 2. The van der Waals surface area contributed by atoms with Crippen molar-refractivity contribution in [2.45, 2.75) is 0 Å². The zero-order valence-corrected chi connectivity index (χ0v) is 13.8. The van der Waals surface area contributed by atoms with E-state index in [0.717, 1.165) is 0 Å². The van der Waals surface area contributed by atoms with E-state index < -0.39 is 5.97 Å². The average Bonchev–Trinajstić information content (AvgIpc) is 3.18. The number of rotatable bonds is 5. The van der Waals surface area contributed by atoms with Gasteiger partial charge in [0.15, 0.2) is 5.82 Å². The zero-order chi connectivity index (χ0) is 18.0. The molecule has 9 nitrogen and oxygen atoms in total. The molecule has 3 rings (SSSR count). The van der Waals surface area contributed by atoms with E-state index in [1.165, 1.54) is 12.0 Å². The molecule has 9 heteroatoms. The highest BCUT2D eigenvalue weighted by Crippen LogP contribution is 2.26. The van der Waals surface area contributed by atoms with Gasteiger partial charge in [0.1, 0.15) is 0 Å². The molecule has 0 bridgehead atoms. The van der Waals surface area contributed by atoms with Crippen LogP contribution in [0.25, 0.3) is 5.69 Å². The highest BCUT2D eigenvalue weighted by Gasteiger charge is 2.32. The van der Waals surface area contributed by atoms with Crippen molar-refractivity contribution in [1.29, 1.82) is 0 Å². The van der Waals surface area contributed by atoms with Gasteiger partial charge in [-0.2, -0.15) is 0 Å². The lowest BCUT2D eigenvalue weighted by Gasteiger charge is -2.16. The number of carbonyl (C=O) groups excluding carboxylic acids is 2. The minimum Gasteiger partial charge on any atom is -0.465 e. The van der Waals surface area contributed by atoms with Gasteiger partial charge in [0.25, 0.3) is 0 Å². The van der Waals surface area contributed by atoms with Crippen molar-refractivity contribution in [3.05, 3.63) is 36.0 Å². The number of nitrogens with two attached hydrogens (primary N) is 1. The summed E-state index contributed by atoms with van der Waals surface area (Å²) in [6, 6.07) is 6.46. The number of nitrogen functional groups attached to an aromatic ring is 1. The van der Waals surface area contributed by atoms with Crippen LogP contribution in [0.3, 0.4) is 0 Å². The quantitative estimate of drug-likeness (QED) is 0.762. The van der Waals surface area contributed by atoms with Gasteiger partial charge >= 0.3 is 12.0 Å². The third-order valence-electron chi connectivity index (χ3n) is 4.00. The Balaban J connectivity index is 1.83. The minimum absolute atomic E-state index is 0.0873. The number of ether oxygens (including phenoxy) is 1. The van der Waals surface area contributed by atoms with Crippen molar-refractivity contribution >= 4 is 23.5 Å². The first kappa shape index (κ1) is 16.8. The molecular weight excluding hydrogens is 326 g/mol. The van der Waals surface area contributed by atoms with Crippen LogP contribution >= 0.6 is 0 Å². The minimum atomic E-state index is -0.418. The van der Waals surface area contributed by atoms with Gasteiger partial charge in [-0.1, -0.05) is 0 Å². The monoisotopic (exact) mass is 345 g/mol. The first-order valence-electron chi connectivity index (χ1n) is 7.76. The second-order valence-corrected chi connectivity index (χ2v) is 5.54. The first-order chi connectivity index (χ1) is 12.0. The van der Waals surface area contributed by atoms with Crippen molar-refractivity contribution < 1.29 is 19.4 Å². The van der Waals surface area contributed by atoms with Crippen LogP contribution in [-0.4, -0.2) is 65.1 Å². The van der Waals surface area contributed by atoms with E-state index >= 15 is 0 Å². The fourth-order valence-corrected chi connectivity index (χ4v) is 2.70. The molecule has 0 aliphatic carbocycles. The molecule has 1 aromatic carbocycles. The van der Waals surface area contributed by atoms with Gasteiger partial charge in [0, 0.05) is 19.6 Å². The summed E-state index contributed by atoms with van der Waals surface area (Å²) in [7, 11) is 1.32. The van der Waals surface area contributed by atoms with Gasteiger partial charge in [-0.05, 0) is 24.3 Å². The van der Waals surface area contributed by atoms with Gasteiger partial charge in [-0.15, -0.1) is 5.10 Å². The Bertz CT molecular complexity index is 786. The van der Waals surface area contributed by atoms with Gasteiger partial charge in [-0.25, -0.2) is 14.3 Å². The smallest absolute Gasteiger partial charge is 0.337 e. The van der Waals surface area contributed by atoms with E-state index in [0.29, 0.717) is 35.8 Å². The van der Waals surface area contributed by atoms with Gasteiger partial charge in [0.05, 0.1) is 36.9 Å². The Morgan fingerprint density at radius 3 is 2.68 bits per heavy atom. The topological polar surface area (TPSA) is 114 Å². The van der Waals surface area contributed by atoms with E-state index in [4.69, 9.17) is 10.8 Å². The third kappa shape index (κ3) is 3.13. The second kappa shape index (κ2) is 6.81. The van der Waals surface area contributed by atoms with Gasteiger partial charge in [-0.3, -0.25) is 4.90 Å². The molecule has 0 radical (unpaired) electrons. The lowest BCUT2D eigenvalue weighted by molar-refractivity contribution is 0.0600. The number of nitrogens with zero attached hydrogens (tertiary/aromatic N) is 4. The molecule has 0 unspecified atom stereocenters. The normalized spacial score (nSPS) is 14.2. The molecule has 0 saturated carbocycles. The molecule has 2 amide bonds. The maximum Gasteiger partial charge on any atom is 0.337 e. The first-order valence-corrected chi connectivity index (χ1v) is 7.76. The van der Waals surface area contributed by atoms with E-state index in [9.17, 15) is 9.59 Å². The summed E-state index contributed by atoms with van der Waals surface area (Å²) in [6.07, 6.45) is 1.62. The Labute approximate surface area is 144 Å². The Morgan fingerprint density at radius 2 is 2.04 bits per heavy atom. The predicted molar refractivity (Wildman–Crippen MR) is 90.7 cm³/mol. The molecule has 0 spiro atoms. The molecular formula is C16H19N5O4. The number of β-amino-alcohol motifs (C(OH)–C–C–N with tert-alkyl or cyclic N) is 1. The van der Waals surface area contributed by atoms with Crippen LogP contribution in [-0.2, 0) is 4.74 Å². The van der Waals surface area contributed by atoms with Crippen LogP contribution in [0, 0.1) is 0 Å². The lowest BCUT2D eigenvalue weighted by atomic mass is 10.2. The zero-order valence-electron chi connectivity index (χ0n) is 13.8. The van der Waals surface area contributed by atoms with Crippen molar-refractivity contribution in [1.82, 2.24) is 14.7 Å². The summed E-state index contributed by atoms with van der Waals surface area (Å²) < 4.78 is 6.22. The Kier molecular flexibility index (Phi) is 4.57. The maximum atomic E-state index is 12.3. The lowest BCUT2D eigenvalue weighted by Crippen LogP contribution is -2.34. The number of benzene rings is 1. The molecule has 25 heavy (non-hydrogen) atoms. The third-order valence-corrected chi connectivity index (χ3v) is 4.00. The molecule has 1 saturated heterocycles. The highest BCUT2D eigenvalue weighted by molar-refractivity contribution is 5.95. The summed E-state index contributed by atoms with van der Waals surface area (Å²) in [5, 5.41) is 13.4. The number of carbonyl (C=O) groups is 2. The van der Waals surface area contributed by atoms with Crippen molar-refractivity contribution in [2.24, 2.45) is 0 Å². The molecule has 1 aromatic heterocycles. The van der Waals surface area contributed by atoms with Crippen LogP contribution in [0.5, 0.6) is 0 Å². The van der Waals surface area contributed by atoms with Crippen LogP contribution in [0.1, 0.15) is 10.4 Å². The molecule has 3 N–H and O–H groups in total. The van der Waals surface area contributed by atoms with Crippen molar-refractivity contribution in [3.63, 3.8) is 0 Å². The Morgan fingerprint density at radius 1 is 1.32 bits per heavy atom. The van der Waals surface area contributed by atoms with E-state index in [-0.39, 0.29) is 19.2 Å². The molecule has 2 aromatic rings. The fourth-order valence-electron chi connectivity index (χ4n) is 2.70.